The molecule has 0 saturated carbocycles. The maximum Gasteiger partial charge on any atom is 0.491 e. The molecule has 1 aromatic rings. The van der Waals surface area contributed by atoms with E-state index < -0.39 is 24.2 Å². The van der Waals surface area contributed by atoms with Gasteiger partial charge in [-0.05, 0) is 51.4 Å². The quantitative estimate of drug-likeness (QED) is 0.809. The normalized spacial score (nSPS) is 19.1. The van der Waals surface area contributed by atoms with Crippen LogP contribution in [0.4, 0.5) is 0 Å². The van der Waals surface area contributed by atoms with Crippen molar-refractivity contribution >= 4 is 36.0 Å². The summed E-state index contributed by atoms with van der Waals surface area (Å²) >= 11 is 1.17. The Morgan fingerprint density at radius 2 is 1.84 bits per heavy atom. The summed E-state index contributed by atoms with van der Waals surface area (Å²) in [5.74, 6) is -0.181. The maximum absolute atomic E-state index is 11.4. The van der Waals surface area contributed by atoms with Crippen LogP contribution in [0.5, 0.6) is 0 Å². The number of primary amides is 1. The van der Waals surface area contributed by atoms with Crippen molar-refractivity contribution in [2.45, 2.75) is 45.8 Å². The molecule has 0 unspecified atom stereocenters. The second-order valence-corrected chi connectivity index (χ2v) is 8.05. The summed E-state index contributed by atoms with van der Waals surface area (Å²) in [5.41, 5.74) is 5.83. The van der Waals surface area contributed by atoms with Gasteiger partial charge in [0, 0.05) is 12.7 Å². The molecule has 1 aliphatic rings. The molecular formula is C17H23BN2O4S. The van der Waals surface area contributed by atoms with Gasteiger partial charge < -0.3 is 15.0 Å². The minimum Gasteiger partial charge on any atom is -0.400 e. The van der Waals surface area contributed by atoms with Crippen molar-refractivity contribution in [3.8, 4) is 0 Å². The summed E-state index contributed by atoms with van der Waals surface area (Å²) in [7, 11) is -0.587. The molecule has 25 heavy (non-hydrogen) atoms. The average Bonchev–Trinajstić information content (AvgIpc) is 2.71. The fourth-order valence-electron chi connectivity index (χ4n) is 2.22. The van der Waals surface area contributed by atoms with Crippen molar-refractivity contribution in [3.63, 3.8) is 0 Å². The van der Waals surface area contributed by atoms with Gasteiger partial charge in [-0.25, -0.2) is 4.98 Å². The molecule has 0 atom stereocenters. The van der Waals surface area contributed by atoms with Crippen LogP contribution in [-0.4, -0.2) is 40.1 Å². The number of pyridine rings is 1. The molecule has 1 aromatic heterocycles. The van der Waals surface area contributed by atoms with Gasteiger partial charge >= 0.3 is 7.12 Å². The van der Waals surface area contributed by atoms with Crippen LogP contribution in [0.3, 0.4) is 0 Å². The maximum atomic E-state index is 11.4. The topological polar surface area (TPSA) is 91.5 Å². The highest BCUT2D eigenvalue weighted by Crippen LogP contribution is 2.39. The molecule has 134 valence electrons. The minimum atomic E-state index is -0.592. The molecule has 1 amide bonds. The molecule has 6 nitrogen and oxygen atoms in total. The Balaban J connectivity index is 2.35. The fourth-order valence-corrected chi connectivity index (χ4v) is 2.81. The van der Waals surface area contributed by atoms with E-state index in [1.165, 1.54) is 18.7 Å². The van der Waals surface area contributed by atoms with Crippen molar-refractivity contribution in [1.29, 1.82) is 0 Å². The fraction of sp³-hybridized carbons (Fsp3) is 0.471. The van der Waals surface area contributed by atoms with Gasteiger partial charge in [-0.1, -0.05) is 17.8 Å². The van der Waals surface area contributed by atoms with Gasteiger partial charge in [-0.2, -0.15) is 0 Å². The van der Waals surface area contributed by atoms with E-state index >= 15 is 0 Å². The standard InChI is InChI=1S/C17H23BN2O4S/c1-11(21)25-10-12(18-23-16(2,3)17(4,5)24-18)9-13-7-6-8-14(20-13)15(19)22/h6-9H,10H2,1-5H3,(H2,19,22). The molecule has 1 fully saturated rings. The number of aromatic nitrogens is 1. The SMILES string of the molecule is CC(=O)SCC(=Cc1cccc(C(N)=O)n1)B1OC(C)(C)C(C)(C)O1. The van der Waals surface area contributed by atoms with Crippen molar-refractivity contribution < 1.29 is 18.9 Å². The van der Waals surface area contributed by atoms with Crippen LogP contribution < -0.4 is 5.73 Å². The third-order valence-corrected chi connectivity index (χ3v) is 5.24. The molecule has 1 saturated heterocycles. The van der Waals surface area contributed by atoms with Gasteiger partial charge in [0.2, 0.25) is 0 Å². The largest absolute Gasteiger partial charge is 0.491 e. The van der Waals surface area contributed by atoms with E-state index in [9.17, 15) is 9.59 Å². The van der Waals surface area contributed by atoms with E-state index in [0.717, 1.165) is 5.47 Å². The van der Waals surface area contributed by atoms with Gasteiger partial charge in [-0.3, -0.25) is 9.59 Å². The molecule has 0 radical (unpaired) electrons. The first-order valence-corrected chi connectivity index (χ1v) is 8.97. The van der Waals surface area contributed by atoms with E-state index in [4.69, 9.17) is 15.0 Å². The number of amides is 1. The lowest BCUT2D eigenvalue weighted by Crippen LogP contribution is -2.41. The predicted octanol–water partition coefficient (Wildman–Crippen LogP) is 2.47. The molecule has 0 aromatic carbocycles. The number of hydrogen-bond donors (Lipinski definition) is 1. The zero-order chi connectivity index (χ0) is 18.8. The first-order valence-electron chi connectivity index (χ1n) is 7.98. The summed E-state index contributed by atoms with van der Waals surface area (Å²) < 4.78 is 12.1. The summed E-state index contributed by atoms with van der Waals surface area (Å²) in [6.07, 6.45) is 1.78. The lowest BCUT2D eigenvalue weighted by molar-refractivity contribution is -0.109. The molecule has 2 N–H and O–H groups in total. The van der Waals surface area contributed by atoms with E-state index in [0.29, 0.717) is 11.4 Å². The molecule has 0 spiro atoms. The molecule has 0 aliphatic carbocycles. The highest BCUT2D eigenvalue weighted by Gasteiger charge is 2.52. The number of rotatable bonds is 5. The summed E-state index contributed by atoms with van der Waals surface area (Å²) in [6, 6.07) is 5.02. The molecular weight excluding hydrogens is 339 g/mol. The Morgan fingerprint density at radius 1 is 1.24 bits per heavy atom. The second kappa shape index (κ2) is 7.31. The lowest BCUT2D eigenvalue weighted by atomic mass is 9.78. The van der Waals surface area contributed by atoms with Gasteiger partial charge in [0.15, 0.2) is 5.12 Å². The van der Waals surface area contributed by atoms with Crippen LogP contribution >= 0.6 is 11.8 Å². The molecule has 2 rings (SSSR count). The first-order chi connectivity index (χ1) is 11.5. The Labute approximate surface area is 152 Å². The Hall–Kier alpha value is -1.64. The zero-order valence-corrected chi connectivity index (χ0v) is 16.0. The molecule has 0 bridgehead atoms. The van der Waals surface area contributed by atoms with Crippen LogP contribution in [0.15, 0.2) is 23.7 Å². The smallest absolute Gasteiger partial charge is 0.400 e. The molecule has 8 heteroatoms. The van der Waals surface area contributed by atoms with Crippen LogP contribution in [0.25, 0.3) is 6.08 Å². The Kier molecular flexibility index (Phi) is 5.76. The number of hydrogen-bond acceptors (Lipinski definition) is 6. The molecule has 2 heterocycles. The number of thioether (sulfide) groups is 1. The second-order valence-electron chi connectivity index (χ2n) is 6.90. The first kappa shape index (κ1) is 19.7. The predicted molar refractivity (Wildman–Crippen MR) is 100.0 cm³/mol. The number of nitrogens with zero attached hydrogens (tertiary/aromatic N) is 1. The number of carbonyl (C=O) groups is 2. The van der Waals surface area contributed by atoms with Crippen molar-refractivity contribution in [2.75, 3.05) is 5.75 Å². The van der Waals surface area contributed by atoms with Gasteiger partial charge in [-0.15, -0.1) is 0 Å². The summed E-state index contributed by atoms with van der Waals surface area (Å²) in [4.78, 5) is 26.9. The van der Waals surface area contributed by atoms with Crippen molar-refractivity contribution in [1.82, 2.24) is 4.98 Å². The van der Waals surface area contributed by atoms with Crippen LogP contribution in [0, 0.1) is 0 Å². The number of carbonyl (C=O) groups excluding carboxylic acids is 2. The zero-order valence-electron chi connectivity index (χ0n) is 15.2. The van der Waals surface area contributed by atoms with E-state index in [2.05, 4.69) is 4.98 Å². The van der Waals surface area contributed by atoms with Crippen molar-refractivity contribution in [3.05, 3.63) is 35.1 Å². The minimum absolute atomic E-state index is 0.00117. The van der Waals surface area contributed by atoms with Crippen LogP contribution in [0.2, 0.25) is 0 Å². The third-order valence-electron chi connectivity index (χ3n) is 4.35. The Morgan fingerprint density at radius 3 is 2.36 bits per heavy atom. The summed E-state index contributed by atoms with van der Waals surface area (Å²) in [6.45, 7) is 9.38. The van der Waals surface area contributed by atoms with Crippen LogP contribution in [0.1, 0.15) is 50.8 Å². The van der Waals surface area contributed by atoms with E-state index in [1.807, 2.05) is 27.7 Å². The van der Waals surface area contributed by atoms with E-state index in [-0.39, 0.29) is 10.8 Å². The average molecular weight is 362 g/mol. The van der Waals surface area contributed by atoms with Gasteiger partial charge in [0.05, 0.1) is 16.9 Å². The van der Waals surface area contributed by atoms with Gasteiger partial charge in [0.25, 0.3) is 5.91 Å². The highest BCUT2D eigenvalue weighted by molar-refractivity contribution is 8.13. The monoisotopic (exact) mass is 362 g/mol. The molecule has 1 aliphatic heterocycles. The van der Waals surface area contributed by atoms with Crippen LogP contribution in [-0.2, 0) is 14.1 Å². The highest BCUT2D eigenvalue weighted by atomic mass is 32.2. The van der Waals surface area contributed by atoms with Gasteiger partial charge in [0.1, 0.15) is 5.69 Å². The Bertz CT molecular complexity index is 702. The van der Waals surface area contributed by atoms with Crippen molar-refractivity contribution in [2.24, 2.45) is 5.73 Å². The third kappa shape index (κ3) is 4.71. The summed E-state index contributed by atoms with van der Waals surface area (Å²) in [5, 5.41) is 0.00117. The lowest BCUT2D eigenvalue weighted by Gasteiger charge is -2.32. The van der Waals surface area contributed by atoms with E-state index in [1.54, 1.807) is 24.3 Å². The number of nitrogens with two attached hydrogens (primary N) is 1.